The van der Waals surface area contributed by atoms with Crippen LogP contribution in [-0.4, -0.2) is 53.8 Å². The van der Waals surface area contributed by atoms with E-state index in [2.05, 4.69) is 5.32 Å². The minimum absolute atomic E-state index is 0.256. The molecule has 2 rings (SSSR count). The van der Waals surface area contributed by atoms with E-state index in [1.807, 2.05) is 6.92 Å². The van der Waals surface area contributed by atoms with Gasteiger partial charge < -0.3 is 20.1 Å². The molecule has 6 nitrogen and oxygen atoms in total. The highest BCUT2D eigenvalue weighted by atomic mass is 16.5. The summed E-state index contributed by atoms with van der Waals surface area (Å²) in [5.74, 6) is -0.542. The van der Waals surface area contributed by atoms with Gasteiger partial charge in [0.05, 0.1) is 6.61 Å². The molecule has 2 aliphatic rings. The lowest BCUT2D eigenvalue weighted by Crippen LogP contribution is -2.56. The van der Waals surface area contributed by atoms with Crippen molar-refractivity contribution in [1.29, 1.82) is 0 Å². The van der Waals surface area contributed by atoms with E-state index >= 15 is 0 Å². The molecule has 0 spiro atoms. The SMILES string of the molecule is CCC1(C(=O)O)CCCN1C(=O)NCC1CCOC1. The van der Waals surface area contributed by atoms with Gasteiger partial charge >= 0.3 is 12.0 Å². The van der Waals surface area contributed by atoms with E-state index in [-0.39, 0.29) is 6.03 Å². The number of carbonyl (C=O) groups is 2. The van der Waals surface area contributed by atoms with E-state index in [1.54, 1.807) is 0 Å². The average molecular weight is 270 g/mol. The van der Waals surface area contributed by atoms with Crippen molar-refractivity contribution in [3.8, 4) is 0 Å². The van der Waals surface area contributed by atoms with Gasteiger partial charge in [-0.15, -0.1) is 0 Å². The first-order valence-corrected chi connectivity index (χ1v) is 6.97. The Hall–Kier alpha value is -1.30. The van der Waals surface area contributed by atoms with Gasteiger partial charge in [0, 0.05) is 25.6 Å². The zero-order chi connectivity index (χ0) is 13.9. The summed E-state index contributed by atoms with van der Waals surface area (Å²) in [5, 5.41) is 12.3. The third-order valence-corrected chi connectivity index (χ3v) is 4.28. The molecule has 19 heavy (non-hydrogen) atoms. The van der Waals surface area contributed by atoms with Gasteiger partial charge in [0.25, 0.3) is 0 Å². The molecule has 2 aliphatic heterocycles. The Labute approximate surface area is 113 Å². The Morgan fingerprint density at radius 2 is 2.32 bits per heavy atom. The molecule has 0 bridgehead atoms. The van der Waals surface area contributed by atoms with Gasteiger partial charge in [0.15, 0.2) is 0 Å². The quantitative estimate of drug-likeness (QED) is 0.800. The predicted molar refractivity (Wildman–Crippen MR) is 68.9 cm³/mol. The van der Waals surface area contributed by atoms with Crippen molar-refractivity contribution in [2.45, 2.75) is 38.1 Å². The predicted octanol–water partition coefficient (Wildman–Crippen LogP) is 1.06. The Kier molecular flexibility index (Phi) is 4.29. The van der Waals surface area contributed by atoms with E-state index < -0.39 is 11.5 Å². The van der Waals surface area contributed by atoms with Gasteiger partial charge in [0.2, 0.25) is 0 Å². The third-order valence-electron chi connectivity index (χ3n) is 4.28. The van der Waals surface area contributed by atoms with Crippen LogP contribution in [0.25, 0.3) is 0 Å². The number of ether oxygens (including phenoxy) is 1. The van der Waals surface area contributed by atoms with E-state index in [0.717, 1.165) is 19.4 Å². The molecular formula is C13H22N2O4. The van der Waals surface area contributed by atoms with Crippen molar-refractivity contribution >= 4 is 12.0 Å². The lowest BCUT2D eigenvalue weighted by atomic mass is 9.93. The van der Waals surface area contributed by atoms with Crippen molar-refractivity contribution in [1.82, 2.24) is 10.2 Å². The summed E-state index contributed by atoms with van der Waals surface area (Å²) in [4.78, 5) is 25.2. The van der Waals surface area contributed by atoms with Crippen LogP contribution in [0.4, 0.5) is 4.79 Å². The number of nitrogens with zero attached hydrogens (tertiary/aromatic N) is 1. The van der Waals surface area contributed by atoms with Crippen LogP contribution in [0.1, 0.15) is 32.6 Å². The molecule has 0 aliphatic carbocycles. The van der Waals surface area contributed by atoms with E-state index in [0.29, 0.717) is 38.5 Å². The smallest absolute Gasteiger partial charge is 0.329 e. The Balaban J connectivity index is 1.95. The number of aliphatic carboxylic acids is 1. The highest BCUT2D eigenvalue weighted by Gasteiger charge is 2.48. The van der Waals surface area contributed by atoms with E-state index in [1.165, 1.54) is 4.90 Å². The van der Waals surface area contributed by atoms with Gasteiger partial charge in [-0.3, -0.25) is 0 Å². The number of rotatable bonds is 4. The van der Waals surface area contributed by atoms with Crippen LogP contribution in [0.3, 0.4) is 0 Å². The first-order chi connectivity index (χ1) is 9.10. The summed E-state index contributed by atoms with van der Waals surface area (Å²) in [6, 6.07) is -0.256. The van der Waals surface area contributed by atoms with Gasteiger partial charge in [0.1, 0.15) is 5.54 Å². The van der Waals surface area contributed by atoms with Crippen molar-refractivity contribution in [3.63, 3.8) is 0 Å². The molecule has 6 heteroatoms. The summed E-state index contributed by atoms with van der Waals surface area (Å²) in [5.41, 5.74) is -1.02. The van der Waals surface area contributed by atoms with Gasteiger partial charge in [-0.2, -0.15) is 0 Å². The van der Waals surface area contributed by atoms with Crippen LogP contribution in [0.5, 0.6) is 0 Å². The molecule has 0 aromatic carbocycles. The van der Waals surface area contributed by atoms with E-state index in [4.69, 9.17) is 4.74 Å². The second kappa shape index (κ2) is 5.77. The Morgan fingerprint density at radius 1 is 1.53 bits per heavy atom. The topological polar surface area (TPSA) is 78.9 Å². The van der Waals surface area contributed by atoms with Gasteiger partial charge in [-0.1, -0.05) is 6.92 Å². The number of carboxylic acids is 1. The Bertz CT molecular complexity index is 355. The number of carboxylic acid groups (broad SMARTS) is 1. The highest BCUT2D eigenvalue weighted by Crippen LogP contribution is 2.32. The molecule has 0 aromatic rings. The summed E-state index contributed by atoms with van der Waals surface area (Å²) in [6.45, 7) is 4.34. The number of amides is 2. The summed E-state index contributed by atoms with van der Waals surface area (Å²) in [6.07, 6.45) is 2.69. The first-order valence-electron chi connectivity index (χ1n) is 6.97. The van der Waals surface area contributed by atoms with Crippen LogP contribution in [-0.2, 0) is 9.53 Å². The first kappa shape index (κ1) is 14.1. The fourth-order valence-corrected chi connectivity index (χ4v) is 2.99. The summed E-state index contributed by atoms with van der Waals surface area (Å²) in [7, 11) is 0. The van der Waals surface area contributed by atoms with Gasteiger partial charge in [-0.25, -0.2) is 9.59 Å². The van der Waals surface area contributed by atoms with Gasteiger partial charge in [-0.05, 0) is 25.7 Å². The second-order valence-electron chi connectivity index (χ2n) is 5.36. The van der Waals surface area contributed by atoms with Crippen molar-refractivity contribution in [2.75, 3.05) is 26.3 Å². The molecule has 2 amide bonds. The largest absolute Gasteiger partial charge is 0.479 e. The van der Waals surface area contributed by atoms with Crippen LogP contribution in [0.2, 0.25) is 0 Å². The van der Waals surface area contributed by atoms with Crippen LogP contribution < -0.4 is 5.32 Å². The van der Waals surface area contributed by atoms with E-state index in [9.17, 15) is 14.7 Å². The molecule has 2 saturated heterocycles. The van der Waals surface area contributed by atoms with Crippen LogP contribution >= 0.6 is 0 Å². The molecule has 2 unspecified atom stereocenters. The minimum atomic E-state index is -1.02. The summed E-state index contributed by atoms with van der Waals surface area (Å²) >= 11 is 0. The van der Waals surface area contributed by atoms with Crippen LogP contribution in [0.15, 0.2) is 0 Å². The zero-order valence-corrected chi connectivity index (χ0v) is 11.4. The molecule has 0 saturated carbocycles. The number of nitrogens with one attached hydrogen (secondary N) is 1. The maximum Gasteiger partial charge on any atom is 0.329 e. The minimum Gasteiger partial charge on any atom is -0.479 e. The number of hydrogen-bond acceptors (Lipinski definition) is 3. The lowest BCUT2D eigenvalue weighted by Gasteiger charge is -2.34. The number of likely N-dealkylation sites (tertiary alicyclic amines) is 1. The second-order valence-corrected chi connectivity index (χ2v) is 5.36. The number of urea groups is 1. The fourth-order valence-electron chi connectivity index (χ4n) is 2.99. The number of carbonyl (C=O) groups excluding carboxylic acids is 1. The average Bonchev–Trinajstić information content (AvgIpc) is 3.05. The molecule has 0 aromatic heterocycles. The fraction of sp³-hybridized carbons (Fsp3) is 0.846. The lowest BCUT2D eigenvalue weighted by molar-refractivity contribution is -0.148. The highest BCUT2D eigenvalue weighted by molar-refractivity contribution is 5.87. The van der Waals surface area contributed by atoms with Crippen LogP contribution in [0, 0.1) is 5.92 Å². The van der Waals surface area contributed by atoms with Crippen molar-refractivity contribution in [2.24, 2.45) is 5.92 Å². The van der Waals surface area contributed by atoms with Crippen molar-refractivity contribution in [3.05, 3.63) is 0 Å². The zero-order valence-electron chi connectivity index (χ0n) is 11.4. The maximum absolute atomic E-state index is 12.2. The molecule has 2 atom stereocenters. The summed E-state index contributed by atoms with van der Waals surface area (Å²) < 4.78 is 5.26. The normalized spacial score (nSPS) is 30.6. The molecular weight excluding hydrogens is 248 g/mol. The Morgan fingerprint density at radius 3 is 2.89 bits per heavy atom. The molecule has 2 heterocycles. The molecule has 2 N–H and O–H groups in total. The third kappa shape index (κ3) is 2.68. The molecule has 2 fully saturated rings. The molecule has 0 radical (unpaired) electrons. The molecule has 108 valence electrons. The number of hydrogen-bond donors (Lipinski definition) is 2. The monoisotopic (exact) mass is 270 g/mol. The van der Waals surface area contributed by atoms with Crippen molar-refractivity contribution < 1.29 is 19.4 Å². The maximum atomic E-state index is 12.2. The standard InChI is InChI=1S/C13H22N2O4/c1-2-13(11(16)17)5-3-6-15(13)12(18)14-8-10-4-7-19-9-10/h10H,2-9H2,1H3,(H,14,18)(H,16,17).